The third kappa shape index (κ3) is 5.24. The summed E-state index contributed by atoms with van der Waals surface area (Å²) in [4.78, 5) is 1.88. The number of nitrogens with zero attached hydrogens (tertiary/aromatic N) is 1. The zero-order valence-electron chi connectivity index (χ0n) is 11.2. The highest BCUT2D eigenvalue weighted by molar-refractivity contribution is 5.28. The summed E-state index contributed by atoms with van der Waals surface area (Å²) >= 11 is 0. The fourth-order valence-electron chi connectivity index (χ4n) is 2.09. The van der Waals surface area contributed by atoms with Gasteiger partial charge < -0.3 is 15.3 Å². The van der Waals surface area contributed by atoms with Crippen LogP contribution in [0.1, 0.15) is 23.7 Å². The van der Waals surface area contributed by atoms with Crippen molar-refractivity contribution in [3.63, 3.8) is 0 Å². The maximum atomic E-state index is 13.0. The van der Waals surface area contributed by atoms with Gasteiger partial charge in [-0.2, -0.15) is 0 Å². The molecule has 1 aromatic rings. The first-order valence-electron chi connectivity index (χ1n) is 6.46. The Morgan fingerprint density at radius 3 is 2.53 bits per heavy atom. The van der Waals surface area contributed by atoms with E-state index in [-0.39, 0.29) is 19.0 Å². The van der Waals surface area contributed by atoms with Gasteiger partial charge >= 0.3 is 0 Å². The number of benzene rings is 1. The Balaban J connectivity index is 2.66. The molecule has 0 fully saturated rings. The van der Waals surface area contributed by atoms with Gasteiger partial charge in [-0.1, -0.05) is 6.07 Å². The summed E-state index contributed by atoms with van der Waals surface area (Å²) in [6.45, 7) is 3.23. The molecule has 1 rings (SSSR count). The van der Waals surface area contributed by atoms with Crippen LogP contribution in [0.25, 0.3) is 0 Å². The van der Waals surface area contributed by atoms with Crippen LogP contribution in [-0.4, -0.2) is 53.1 Å². The van der Waals surface area contributed by atoms with Crippen molar-refractivity contribution < 1.29 is 19.7 Å². The van der Waals surface area contributed by atoms with Crippen LogP contribution in [0.2, 0.25) is 0 Å². The fourth-order valence-corrected chi connectivity index (χ4v) is 2.09. The Kier molecular flexibility index (Phi) is 6.94. The second-order valence-electron chi connectivity index (χ2n) is 4.62. The largest absolute Gasteiger partial charge is 0.396 e. The summed E-state index contributed by atoms with van der Waals surface area (Å²) in [6, 6.07) is 4.30. The molecule has 0 aliphatic carbocycles. The predicted molar refractivity (Wildman–Crippen MR) is 71.3 cm³/mol. The first-order chi connectivity index (χ1) is 9.08. The van der Waals surface area contributed by atoms with Crippen LogP contribution in [0.4, 0.5) is 4.39 Å². The molecule has 3 N–H and O–H groups in total. The molecule has 0 saturated carbocycles. The minimum absolute atomic E-state index is 0.000544. The normalized spacial score (nSPS) is 12.9. The van der Waals surface area contributed by atoms with Crippen LogP contribution in [0.3, 0.4) is 0 Å². The van der Waals surface area contributed by atoms with E-state index < -0.39 is 6.10 Å². The van der Waals surface area contributed by atoms with Crippen LogP contribution < -0.4 is 0 Å². The molecule has 1 aromatic carbocycles. The van der Waals surface area contributed by atoms with Gasteiger partial charge in [0.1, 0.15) is 5.82 Å². The van der Waals surface area contributed by atoms with Gasteiger partial charge in [-0.05, 0) is 36.6 Å². The van der Waals surface area contributed by atoms with Gasteiger partial charge in [0.25, 0.3) is 0 Å². The second kappa shape index (κ2) is 8.22. The Labute approximate surface area is 113 Å². The van der Waals surface area contributed by atoms with Crippen molar-refractivity contribution in [1.82, 2.24) is 4.90 Å². The van der Waals surface area contributed by atoms with E-state index in [9.17, 15) is 9.50 Å². The standard InChI is InChI=1S/C14H22FNO3/c1-11-9-12(15)3-4-13(11)14(19)10-16(6-8-18)5-2-7-17/h3-4,9,14,17-19H,2,5-8,10H2,1H3. The van der Waals surface area contributed by atoms with Crippen LogP contribution in [-0.2, 0) is 0 Å². The monoisotopic (exact) mass is 271 g/mol. The lowest BCUT2D eigenvalue weighted by molar-refractivity contribution is 0.0946. The molecule has 1 unspecified atom stereocenters. The second-order valence-corrected chi connectivity index (χ2v) is 4.62. The Morgan fingerprint density at radius 1 is 1.21 bits per heavy atom. The lowest BCUT2D eigenvalue weighted by atomic mass is 10.0. The Hall–Kier alpha value is -1.01. The van der Waals surface area contributed by atoms with E-state index in [0.717, 1.165) is 0 Å². The van der Waals surface area contributed by atoms with Crippen LogP contribution in [0, 0.1) is 12.7 Å². The molecule has 0 aliphatic rings. The number of aliphatic hydroxyl groups excluding tert-OH is 3. The third-order valence-corrected chi connectivity index (χ3v) is 3.07. The molecule has 0 amide bonds. The maximum Gasteiger partial charge on any atom is 0.123 e. The molecular formula is C14H22FNO3. The highest BCUT2D eigenvalue weighted by Gasteiger charge is 2.15. The molecule has 0 aliphatic heterocycles. The quantitative estimate of drug-likeness (QED) is 0.656. The van der Waals surface area contributed by atoms with Crippen molar-refractivity contribution in [2.24, 2.45) is 0 Å². The van der Waals surface area contributed by atoms with Crippen molar-refractivity contribution in [1.29, 1.82) is 0 Å². The van der Waals surface area contributed by atoms with E-state index in [0.29, 0.717) is 37.2 Å². The fraction of sp³-hybridized carbons (Fsp3) is 0.571. The first kappa shape index (κ1) is 16.0. The summed E-state index contributed by atoms with van der Waals surface area (Å²) < 4.78 is 13.0. The number of rotatable bonds is 8. The highest BCUT2D eigenvalue weighted by atomic mass is 19.1. The molecule has 0 bridgehead atoms. The molecule has 5 heteroatoms. The van der Waals surface area contributed by atoms with Gasteiger partial charge in [0.15, 0.2) is 0 Å². The molecular weight excluding hydrogens is 249 g/mol. The molecule has 4 nitrogen and oxygen atoms in total. The molecule has 1 atom stereocenters. The van der Waals surface area contributed by atoms with Gasteiger partial charge in [-0.25, -0.2) is 4.39 Å². The zero-order chi connectivity index (χ0) is 14.3. The van der Waals surface area contributed by atoms with Crippen LogP contribution >= 0.6 is 0 Å². The van der Waals surface area contributed by atoms with Crippen molar-refractivity contribution >= 4 is 0 Å². The van der Waals surface area contributed by atoms with Crippen molar-refractivity contribution in [2.75, 3.05) is 32.8 Å². The molecule has 0 heterocycles. The highest BCUT2D eigenvalue weighted by Crippen LogP contribution is 2.19. The number of aliphatic hydroxyl groups is 3. The number of hydrogen-bond acceptors (Lipinski definition) is 4. The summed E-state index contributed by atoms with van der Waals surface area (Å²) in [7, 11) is 0. The minimum atomic E-state index is -0.731. The Bertz CT molecular complexity index is 387. The van der Waals surface area contributed by atoms with E-state index in [1.165, 1.54) is 12.1 Å². The Morgan fingerprint density at radius 2 is 1.95 bits per heavy atom. The van der Waals surface area contributed by atoms with Gasteiger partial charge in [0, 0.05) is 26.2 Å². The minimum Gasteiger partial charge on any atom is -0.396 e. The summed E-state index contributed by atoms with van der Waals surface area (Å²) in [5.74, 6) is -0.319. The average Bonchev–Trinajstić information content (AvgIpc) is 2.36. The molecule has 0 aromatic heterocycles. The average molecular weight is 271 g/mol. The molecule has 19 heavy (non-hydrogen) atoms. The van der Waals surface area contributed by atoms with Crippen LogP contribution in [0.5, 0.6) is 0 Å². The molecule has 108 valence electrons. The molecule has 0 radical (unpaired) electrons. The SMILES string of the molecule is Cc1cc(F)ccc1C(O)CN(CCO)CCCO. The number of halogens is 1. The summed E-state index contributed by atoms with van der Waals surface area (Å²) in [6.07, 6.45) is -0.138. The molecule has 0 spiro atoms. The summed E-state index contributed by atoms with van der Waals surface area (Å²) in [5, 5.41) is 28.0. The van der Waals surface area contributed by atoms with E-state index in [4.69, 9.17) is 10.2 Å². The smallest absolute Gasteiger partial charge is 0.123 e. The lowest BCUT2D eigenvalue weighted by Crippen LogP contribution is -2.33. The van der Waals surface area contributed by atoms with E-state index in [1.54, 1.807) is 13.0 Å². The van der Waals surface area contributed by atoms with Crippen molar-refractivity contribution in [3.05, 3.63) is 35.1 Å². The summed E-state index contributed by atoms with van der Waals surface area (Å²) in [5.41, 5.74) is 1.40. The maximum absolute atomic E-state index is 13.0. The third-order valence-electron chi connectivity index (χ3n) is 3.07. The first-order valence-corrected chi connectivity index (χ1v) is 6.46. The van der Waals surface area contributed by atoms with Gasteiger partial charge in [-0.15, -0.1) is 0 Å². The van der Waals surface area contributed by atoms with Gasteiger partial charge in [-0.3, -0.25) is 4.90 Å². The number of hydrogen-bond donors (Lipinski definition) is 3. The predicted octanol–water partition coefficient (Wildman–Crippen LogP) is 0.844. The van der Waals surface area contributed by atoms with Gasteiger partial charge in [0.2, 0.25) is 0 Å². The van der Waals surface area contributed by atoms with Crippen molar-refractivity contribution in [2.45, 2.75) is 19.4 Å². The van der Waals surface area contributed by atoms with E-state index >= 15 is 0 Å². The topological polar surface area (TPSA) is 63.9 Å². The van der Waals surface area contributed by atoms with Gasteiger partial charge in [0.05, 0.1) is 12.7 Å². The van der Waals surface area contributed by atoms with Crippen molar-refractivity contribution in [3.8, 4) is 0 Å². The number of aryl methyl sites for hydroxylation is 1. The lowest BCUT2D eigenvalue weighted by Gasteiger charge is -2.25. The van der Waals surface area contributed by atoms with E-state index in [2.05, 4.69) is 0 Å². The zero-order valence-corrected chi connectivity index (χ0v) is 11.2. The van der Waals surface area contributed by atoms with Crippen LogP contribution in [0.15, 0.2) is 18.2 Å². The van der Waals surface area contributed by atoms with E-state index in [1.807, 2.05) is 4.90 Å². The molecule has 0 saturated heterocycles.